The van der Waals surface area contributed by atoms with Gasteiger partial charge in [-0.05, 0) is 45.0 Å². The van der Waals surface area contributed by atoms with E-state index in [1.807, 2.05) is 13.8 Å². The number of rotatable bonds is 4. The average Bonchev–Trinajstić information content (AvgIpc) is 2.62. The fourth-order valence-electron chi connectivity index (χ4n) is 3.23. The fraction of sp³-hybridized carbons (Fsp3) is 0.238. The van der Waals surface area contributed by atoms with Crippen molar-refractivity contribution in [2.45, 2.75) is 20.8 Å². The van der Waals surface area contributed by atoms with E-state index in [0.29, 0.717) is 51.4 Å². The number of benzene rings is 2. The molecule has 3 rings (SSSR count). The molecule has 3 nitrogen and oxygen atoms in total. The van der Waals surface area contributed by atoms with Crippen molar-refractivity contribution in [3.63, 3.8) is 0 Å². The molecule has 0 aliphatic carbocycles. The predicted octanol–water partition coefficient (Wildman–Crippen LogP) is 5.91. The zero-order chi connectivity index (χ0) is 18.8. The molecule has 1 heterocycles. The number of aryl methyl sites for hydroxylation is 1. The molecule has 142 valence electrons. The second-order valence-electron chi connectivity index (χ2n) is 6.07. The van der Waals surface area contributed by atoms with Crippen LogP contribution in [0.1, 0.15) is 29.9 Å². The lowest BCUT2D eigenvalue weighted by Crippen LogP contribution is -2.31. The standard InChI is InChI=1S/C21H20ClFN2O.ClH/c1-4-25(5-2)21(26)19-13(3)24-18-11-10-14(22)12-16(18)20(19)15-8-6-7-9-17(15)23;/h6-12H,4-5H2,1-3H3;1H. The van der Waals surface area contributed by atoms with Gasteiger partial charge in [-0.3, -0.25) is 9.78 Å². The Morgan fingerprint density at radius 3 is 2.44 bits per heavy atom. The summed E-state index contributed by atoms with van der Waals surface area (Å²) in [5.74, 6) is -0.534. The molecule has 0 fully saturated rings. The second-order valence-corrected chi connectivity index (χ2v) is 6.50. The Kier molecular flexibility index (Phi) is 6.79. The highest BCUT2D eigenvalue weighted by Gasteiger charge is 2.24. The van der Waals surface area contributed by atoms with Gasteiger partial charge in [-0.15, -0.1) is 12.4 Å². The Bertz CT molecular complexity index is 987. The van der Waals surface area contributed by atoms with E-state index in [2.05, 4.69) is 4.98 Å². The maximum atomic E-state index is 14.7. The lowest BCUT2D eigenvalue weighted by molar-refractivity contribution is 0.0772. The van der Waals surface area contributed by atoms with Gasteiger partial charge < -0.3 is 4.90 Å². The molecule has 2 aromatic carbocycles. The summed E-state index contributed by atoms with van der Waals surface area (Å²) in [6.07, 6.45) is 0. The van der Waals surface area contributed by atoms with Crippen LogP contribution in [0.2, 0.25) is 5.02 Å². The SMILES string of the molecule is CCN(CC)C(=O)c1c(C)nc2ccc(Cl)cc2c1-c1ccccc1F.Cl. The minimum atomic E-state index is -0.382. The van der Waals surface area contributed by atoms with Crippen molar-refractivity contribution in [3.05, 3.63) is 64.6 Å². The summed E-state index contributed by atoms with van der Waals surface area (Å²) >= 11 is 6.19. The third-order valence-corrected chi connectivity index (χ3v) is 4.77. The molecule has 0 aliphatic rings. The van der Waals surface area contributed by atoms with Gasteiger partial charge in [0.05, 0.1) is 16.8 Å². The first-order chi connectivity index (χ1) is 12.5. The number of fused-ring (bicyclic) bond motifs is 1. The maximum absolute atomic E-state index is 14.7. The number of carbonyl (C=O) groups excluding carboxylic acids is 1. The van der Waals surface area contributed by atoms with Gasteiger partial charge in [-0.2, -0.15) is 0 Å². The van der Waals surface area contributed by atoms with Gasteiger partial charge in [0.25, 0.3) is 5.91 Å². The summed E-state index contributed by atoms with van der Waals surface area (Å²) in [6.45, 7) is 6.77. The molecule has 1 aromatic heterocycles. The second kappa shape index (κ2) is 8.68. The summed E-state index contributed by atoms with van der Waals surface area (Å²) in [5.41, 5.74) is 2.61. The first kappa shape index (κ1) is 21.1. The highest BCUT2D eigenvalue weighted by molar-refractivity contribution is 6.31. The van der Waals surface area contributed by atoms with Crippen LogP contribution in [0.25, 0.3) is 22.0 Å². The van der Waals surface area contributed by atoms with Crippen molar-refractivity contribution in [2.24, 2.45) is 0 Å². The molecule has 0 radical (unpaired) electrons. The summed E-state index contributed by atoms with van der Waals surface area (Å²) in [7, 11) is 0. The van der Waals surface area contributed by atoms with Gasteiger partial charge in [0.15, 0.2) is 0 Å². The zero-order valence-corrected chi connectivity index (χ0v) is 17.0. The number of hydrogen-bond acceptors (Lipinski definition) is 2. The van der Waals surface area contributed by atoms with E-state index in [0.717, 1.165) is 0 Å². The highest BCUT2D eigenvalue weighted by atomic mass is 35.5. The van der Waals surface area contributed by atoms with Crippen molar-refractivity contribution in [1.82, 2.24) is 9.88 Å². The van der Waals surface area contributed by atoms with E-state index in [-0.39, 0.29) is 24.1 Å². The number of carbonyl (C=O) groups is 1. The number of hydrogen-bond donors (Lipinski definition) is 0. The lowest BCUT2D eigenvalue weighted by Gasteiger charge is -2.23. The van der Waals surface area contributed by atoms with Crippen LogP contribution in [-0.4, -0.2) is 28.9 Å². The molecule has 1 amide bonds. The molecular weight excluding hydrogens is 386 g/mol. The van der Waals surface area contributed by atoms with Crippen LogP contribution in [0.3, 0.4) is 0 Å². The van der Waals surface area contributed by atoms with Crippen LogP contribution < -0.4 is 0 Å². The van der Waals surface area contributed by atoms with E-state index in [1.165, 1.54) is 6.07 Å². The van der Waals surface area contributed by atoms with Gasteiger partial charge in [0.1, 0.15) is 5.82 Å². The third kappa shape index (κ3) is 3.92. The third-order valence-electron chi connectivity index (χ3n) is 4.54. The molecule has 0 unspecified atom stereocenters. The van der Waals surface area contributed by atoms with Crippen molar-refractivity contribution in [1.29, 1.82) is 0 Å². The zero-order valence-electron chi connectivity index (χ0n) is 15.4. The van der Waals surface area contributed by atoms with Gasteiger partial charge in [-0.25, -0.2) is 4.39 Å². The van der Waals surface area contributed by atoms with Crippen LogP contribution in [0.4, 0.5) is 4.39 Å². The van der Waals surface area contributed by atoms with Gasteiger partial charge in [0, 0.05) is 34.6 Å². The molecule has 3 aromatic rings. The summed E-state index contributed by atoms with van der Waals surface area (Å²) in [5, 5.41) is 1.19. The first-order valence-electron chi connectivity index (χ1n) is 8.61. The summed E-state index contributed by atoms with van der Waals surface area (Å²) in [6, 6.07) is 11.7. The van der Waals surface area contributed by atoms with Crippen LogP contribution in [-0.2, 0) is 0 Å². The maximum Gasteiger partial charge on any atom is 0.256 e. The van der Waals surface area contributed by atoms with Crippen LogP contribution in [0, 0.1) is 12.7 Å². The molecule has 0 aliphatic heterocycles. The van der Waals surface area contributed by atoms with Crippen molar-refractivity contribution in [2.75, 3.05) is 13.1 Å². The molecule has 0 saturated carbocycles. The number of nitrogens with zero attached hydrogens (tertiary/aromatic N) is 2. The van der Waals surface area contributed by atoms with Crippen molar-refractivity contribution >= 4 is 40.8 Å². The summed E-state index contributed by atoms with van der Waals surface area (Å²) < 4.78 is 14.7. The molecule has 6 heteroatoms. The minimum absolute atomic E-state index is 0. The van der Waals surface area contributed by atoms with Gasteiger partial charge in [0.2, 0.25) is 0 Å². The molecular formula is C21H21Cl2FN2O. The van der Waals surface area contributed by atoms with E-state index < -0.39 is 0 Å². The van der Waals surface area contributed by atoms with E-state index >= 15 is 0 Å². The lowest BCUT2D eigenvalue weighted by atomic mass is 9.93. The number of aromatic nitrogens is 1. The molecule has 0 saturated heterocycles. The van der Waals surface area contributed by atoms with E-state index in [9.17, 15) is 9.18 Å². The Morgan fingerprint density at radius 2 is 1.81 bits per heavy atom. The Morgan fingerprint density at radius 1 is 1.15 bits per heavy atom. The first-order valence-corrected chi connectivity index (χ1v) is 8.99. The van der Waals surface area contributed by atoms with Crippen LogP contribution in [0.5, 0.6) is 0 Å². The van der Waals surface area contributed by atoms with Gasteiger partial charge in [-0.1, -0.05) is 29.8 Å². The smallest absolute Gasteiger partial charge is 0.256 e. The Balaban J connectivity index is 0.00000261. The quantitative estimate of drug-likeness (QED) is 0.539. The van der Waals surface area contributed by atoms with Gasteiger partial charge >= 0.3 is 0 Å². The molecule has 0 atom stereocenters. The molecule has 0 bridgehead atoms. The average molecular weight is 407 g/mol. The van der Waals surface area contributed by atoms with E-state index in [1.54, 1.807) is 48.2 Å². The molecule has 27 heavy (non-hydrogen) atoms. The van der Waals surface area contributed by atoms with Crippen LogP contribution in [0.15, 0.2) is 42.5 Å². The van der Waals surface area contributed by atoms with E-state index in [4.69, 9.17) is 11.6 Å². The monoisotopic (exact) mass is 406 g/mol. The minimum Gasteiger partial charge on any atom is -0.339 e. The predicted molar refractivity (Wildman–Crippen MR) is 111 cm³/mol. The molecule has 0 N–H and O–H groups in total. The highest BCUT2D eigenvalue weighted by Crippen LogP contribution is 2.36. The number of amides is 1. The Hall–Kier alpha value is -2.17. The number of pyridine rings is 1. The largest absolute Gasteiger partial charge is 0.339 e. The van der Waals surface area contributed by atoms with Crippen molar-refractivity contribution in [3.8, 4) is 11.1 Å². The van der Waals surface area contributed by atoms with Crippen molar-refractivity contribution < 1.29 is 9.18 Å². The molecule has 0 spiro atoms. The summed E-state index contributed by atoms with van der Waals surface area (Å²) in [4.78, 5) is 19.5. The van der Waals surface area contributed by atoms with Crippen LogP contribution >= 0.6 is 24.0 Å². The normalized spacial score (nSPS) is 10.6. The number of halogens is 3. The Labute approximate surface area is 169 Å². The fourth-order valence-corrected chi connectivity index (χ4v) is 3.40. The topological polar surface area (TPSA) is 33.2 Å².